The number of aromatic nitrogens is 2. The molecule has 3 aromatic rings. The second-order valence-electron chi connectivity index (χ2n) is 7.91. The van der Waals surface area contributed by atoms with Crippen LogP contribution >= 0.6 is 11.8 Å². The van der Waals surface area contributed by atoms with Gasteiger partial charge < -0.3 is 10.0 Å². The molecule has 1 heterocycles. The molecule has 0 aliphatic rings. The lowest BCUT2D eigenvalue weighted by atomic mass is 10.1. The molecule has 0 aliphatic carbocycles. The Kier molecular flexibility index (Phi) is 7.76. The van der Waals surface area contributed by atoms with E-state index in [1.165, 1.54) is 25.0 Å². The Hall–Kier alpha value is -3.61. The molecule has 0 fully saturated rings. The van der Waals surface area contributed by atoms with E-state index in [1.807, 2.05) is 29.4 Å². The van der Waals surface area contributed by atoms with Crippen molar-refractivity contribution in [1.29, 1.82) is 0 Å². The van der Waals surface area contributed by atoms with Gasteiger partial charge in [0.15, 0.2) is 11.4 Å². The number of carboxylic acids is 1. The van der Waals surface area contributed by atoms with Crippen LogP contribution in [0.3, 0.4) is 0 Å². The van der Waals surface area contributed by atoms with Crippen molar-refractivity contribution in [3.05, 3.63) is 70.3 Å². The van der Waals surface area contributed by atoms with E-state index in [1.54, 1.807) is 24.3 Å². The molecule has 176 valence electrons. The van der Waals surface area contributed by atoms with Crippen LogP contribution in [0.15, 0.2) is 53.6 Å². The Labute approximate surface area is 201 Å². The zero-order valence-corrected chi connectivity index (χ0v) is 19.8. The summed E-state index contributed by atoms with van der Waals surface area (Å²) in [6, 6.07) is 12.4. The normalized spacial score (nSPS) is 12.6. The SMILES string of the molecule is C#CCN(Cc1ccc2ncn(C(N)(CCSC)C(=O)O)c(=O)c2c1)c1ccc(C(C)=O)cc1. The molecule has 9 heteroatoms. The molecule has 0 amide bonds. The number of carbonyl (C=O) groups is 2. The van der Waals surface area contributed by atoms with Crippen molar-refractivity contribution in [3.8, 4) is 12.3 Å². The van der Waals surface area contributed by atoms with Gasteiger partial charge in [-0.1, -0.05) is 12.0 Å². The molecule has 3 N–H and O–H groups in total. The summed E-state index contributed by atoms with van der Waals surface area (Å²) in [6.07, 6.45) is 8.67. The molecular weight excluding hydrogens is 452 g/mol. The topological polar surface area (TPSA) is 119 Å². The van der Waals surface area contributed by atoms with Crippen molar-refractivity contribution in [2.45, 2.75) is 25.6 Å². The molecule has 1 aromatic heterocycles. The van der Waals surface area contributed by atoms with Crippen LogP contribution in [0.25, 0.3) is 10.9 Å². The lowest BCUT2D eigenvalue weighted by Crippen LogP contribution is -2.55. The predicted octanol–water partition coefficient (Wildman–Crippen LogP) is 2.69. The van der Waals surface area contributed by atoms with Gasteiger partial charge in [-0.15, -0.1) is 6.42 Å². The molecule has 3 rings (SSSR count). The van der Waals surface area contributed by atoms with Crippen molar-refractivity contribution in [1.82, 2.24) is 9.55 Å². The van der Waals surface area contributed by atoms with E-state index in [0.717, 1.165) is 15.8 Å². The average Bonchev–Trinajstić information content (AvgIpc) is 2.82. The summed E-state index contributed by atoms with van der Waals surface area (Å²) in [5.74, 6) is 1.78. The lowest BCUT2D eigenvalue weighted by molar-refractivity contribution is -0.147. The Morgan fingerprint density at radius 3 is 2.56 bits per heavy atom. The number of carboxylic acid groups (broad SMARTS) is 1. The van der Waals surface area contributed by atoms with Crippen molar-refractivity contribution >= 4 is 40.1 Å². The van der Waals surface area contributed by atoms with Crippen LogP contribution in [0.1, 0.15) is 29.3 Å². The first-order valence-electron chi connectivity index (χ1n) is 10.5. The first-order valence-corrected chi connectivity index (χ1v) is 11.9. The number of anilines is 1. The van der Waals surface area contributed by atoms with Crippen molar-refractivity contribution < 1.29 is 14.7 Å². The van der Waals surface area contributed by atoms with Crippen molar-refractivity contribution in [2.24, 2.45) is 5.73 Å². The van der Waals surface area contributed by atoms with Gasteiger partial charge in [0.2, 0.25) is 0 Å². The van der Waals surface area contributed by atoms with E-state index >= 15 is 0 Å². The molecule has 0 saturated heterocycles. The molecule has 0 bridgehead atoms. The lowest BCUT2D eigenvalue weighted by Gasteiger charge is -2.27. The maximum atomic E-state index is 13.3. The molecule has 1 atom stereocenters. The maximum absolute atomic E-state index is 13.3. The number of Topliss-reactive ketones (excluding diaryl/α,β-unsaturated/α-hetero) is 1. The number of hydrogen-bond donors (Lipinski definition) is 2. The summed E-state index contributed by atoms with van der Waals surface area (Å²) < 4.78 is 0.997. The van der Waals surface area contributed by atoms with E-state index < -0.39 is 17.2 Å². The fourth-order valence-electron chi connectivity index (χ4n) is 3.62. The first-order chi connectivity index (χ1) is 16.2. The van der Waals surface area contributed by atoms with Gasteiger partial charge in [0.25, 0.3) is 5.56 Å². The van der Waals surface area contributed by atoms with Crippen LogP contribution in [-0.2, 0) is 17.0 Å². The standard InChI is InChI=1S/C25H26N4O4S/c1-4-12-28(20-8-6-19(7-9-20)17(2)30)15-18-5-10-22-21(14-18)23(31)29(16-27-22)25(26,24(32)33)11-13-34-3/h1,5-10,14,16H,11-13,15,26H2,2-3H3,(H,32,33). The van der Waals surface area contributed by atoms with Gasteiger partial charge in [-0.05, 0) is 60.9 Å². The number of fused-ring (bicyclic) bond motifs is 1. The summed E-state index contributed by atoms with van der Waals surface area (Å²) >= 11 is 1.44. The molecule has 34 heavy (non-hydrogen) atoms. The summed E-state index contributed by atoms with van der Waals surface area (Å²) in [5, 5.41) is 10.0. The maximum Gasteiger partial charge on any atom is 0.345 e. The highest BCUT2D eigenvalue weighted by molar-refractivity contribution is 7.98. The van der Waals surface area contributed by atoms with Crippen LogP contribution in [0.5, 0.6) is 0 Å². The quantitative estimate of drug-likeness (QED) is 0.337. The van der Waals surface area contributed by atoms with E-state index in [4.69, 9.17) is 12.2 Å². The van der Waals surface area contributed by atoms with Crippen LogP contribution in [0, 0.1) is 12.3 Å². The van der Waals surface area contributed by atoms with Gasteiger partial charge in [0, 0.05) is 24.2 Å². The minimum atomic E-state index is -1.90. The minimum absolute atomic E-state index is 0.0248. The zero-order chi connectivity index (χ0) is 24.9. The van der Waals surface area contributed by atoms with Crippen LogP contribution in [0.4, 0.5) is 5.69 Å². The molecule has 8 nitrogen and oxygen atoms in total. The fourth-order valence-corrected chi connectivity index (χ4v) is 4.13. The molecule has 0 radical (unpaired) electrons. The molecule has 0 spiro atoms. The third-order valence-corrected chi connectivity index (χ3v) is 6.22. The van der Waals surface area contributed by atoms with Gasteiger partial charge in [-0.3, -0.25) is 19.9 Å². The average molecular weight is 479 g/mol. The number of nitrogens with zero attached hydrogens (tertiary/aromatic N) is 3. The van der Waals surface area contributed by atoms with Gasteiger partial charge in [-0.25, -0.2) is 9.78 Å². The number of terminal acetylenes is 1. The number of hydrogen-bond acceptors (Lipinski definition) is 7. The number of benzene rings is 2. The number of aliphatic carboxylic acids is 1. The monoisotopic (exact) mass is 478 g/mol. The highest BCUT2D eigenvalue weighted by Gasteiger charge is 2.37. The van der Waals surface area contributed by atoms with E-state index in [9.17, 15) is 19.5 Å². The number of ketones is 1. The van der Waals surface area contributed by atoms with Gasteiger partial charge in [0.1, 0.15) is 6.33 Å². The van der Waals surface area contributed by atoms with E-state index in [0.29, 0.717) is 29.9 Å². The second-order valence-corrected chi connectivity index (χ2v) is 8.89. The minimum Gasteiger partial charge on any atom is -0.478 e. The Balaban J connectivity index is 2.00. The zero-order valence-electron chi connectivity index (χ0n) is 19.0. The number of rotatable bonds is 10. The molecule has 1 unspecified atom stereocenters. The Morgan fingerprint density at radius 1 is 1.26 bits per heavy atom. The highest BCUT2D eigenvalue weighted by atomic mass is 32.2. The predicted molar refractivity (Wildman–Crippen MR) is 135 cm³/mol. The third-order valence-electron chi connectivity index (χ3n) is 5.60. The number of thioether (sulfide) groups is 1. The summed E-state index contributed by atoms with van der Waals surface area (Å²) in [5.41, 5.74) is 6.41. The first kappa shape index (κ1) is 25.0. The number of carbonyl (C=O) groups excluding carboxylic acids is 1. The van der Waals surface area contributed by atoms with E-state index in [2.05, 4.69) is 10.9 Å². The van der Waals surface area contributed by atoms with Gasteiger partial charge in [0.05, 0.1) is 17.4 Å². The second kappa shape index (κ2) is 10.5. The number of nitrogens with two attached hydrogens (primary N) is 1. The van der Waals surface area contributed by atoms with Gasteiger partial charge >= 0.3 is 5.97 Å². The van der Waals surface area contributed by atoms with Crippen molar-refractivity contribution in [2.75, 3.05) is 23.5 Å². The Bertz CT molecular complexity index is 1310. The molecular formula is C25H26N4O4S. The van der Waals surface area contributed by atoms with Gasteiger partial charge in [-0.2, -0.15) is 11.8 Å². The Morgan fingerprint density at radius 2 is 1.97 bits per heavy atom. The largest absolute Gasteiger partial charge is 0.478 e. The third kappa shape index (κ3) is 5.14. The van der Waals surface area contributed by atoms with Crippen LogP contribution in [-0.4, -0.2) is 45.0 Å². The highest BCUT2D eigenvalue weighted by Crippen LogP contribution is 2.21. The van der Waals surface area contributed by atoms with Crippen LogP contribution < -0.4 is 16.2 Å². The van der Waals surface area contributed by atoms with Crippen molar-refractivity contribution in [3.63, 3.8) is 0 Å². The summed E-state index contributed by atoms with van der Waals surface area (Å²) in [4.78, 5) is 43.0. The van der Waals surface area contributed by atoms with Crippen LogP contribution in [0.2, 0.25) is 0 Å². The summed E-state index contributed by atoms with van der Waals surface area (Å²) in [6.45, 7) is 2.22. The molecule has 0 aliphatic heterocycles. The smallest absolute Gasteiger partial charge is 0.345 e. The molecule has 0 saturated carbocycles. The molecule has 2 aromatic carbocycles. The van der Waals surface area contributed by atoms with E-state index in [-0.39, 0.29) is 17.6 Å². The fraction of sp³-hybridized carbons (Fsp3) is 0.280. The summed E-state index contributed by atoms with van der Waals surface area (Å²) in [7, 11) is 0.